The minimum atomic E-state index is -0.234. The van der Waals surface area contributed by atoms with Crippen LogP contribution in [0.5, 0.6) is 5.75 Å². The van der Waals surface area contributed by atoms with E-state index in [1.165, 1.54) is 4.90 Å². The Labute approximate surface area is 184 Å². The average Bonchev–Trinajstić information content (AvgIpc) is 3.56. The van der Waals surface area contributed by atoms with Crippen molar-refractivity contribution in [3.05, 3.63) is 71.3 Å². The highest BCUT2D eigenvalue weighted by atomic mass is 35.5. The molecule has 156 valence electrons. The fourth-order valence-electron chi connectivity index (χ4n) is 5.79. The van der Waals surface area contributed by atoms with Crippen LogP contribution >= 0.6 is 11.6 Å². The predicted octanol–water partition coefficient (Wildman–Crippen LogP) is 4.16. The summed E-state index contributed by atoms with van der Waals surface area (Å²) >= 11 is 5.86. The van der Waals surface area contributed by atoms with E-state index in [1.54, 1.807) is 48.5 Å². The quantitative estimate of drug-likeness (QED) is 0.403. The van der Waals surface area contributed by atoms with Gasteiger partial charge in [-0.3, -0.25) is 14.4 Å². The van der Waals surface area contributed by atoms with Gasteiger partial charge in [-0.2, -0.15) is 0 Å². The maximum atomic E-state index is 13.3. The predicted molar refractivity (Wildman–Crippen MR) is 115 cm³/mol. The number of hydrogen-bond acceptors (Lipinski definition) is 4. The number of benzene rings is 2. The molecule has 6 atom stereocenters. The Kier molecular flexibility index (Phi) is 4.12. The molecule has 4 aliphatic carbocycles. The highest BCUT2D eigenvalue weighted by molar-refractivity contribution is 6.30. The van der Waals surface area contributed by atoms with Gasteiger partial charge in [0.2, 0.25) is 11.8 Å². The Hall–Kier alpha value is -2.92. The van der Waals surface area contributed by atoms with Gasteiger partial charge in [-0.25, -0.2) is 4.90 Å². The number of carbonyl (C=O) groups is 3. The number of halogens is 1. The largest absolute Gasteiger partial charge is 0.485 e. The van der Waals surface area contributed by atoms with Crippen molar-refractivity contribution in [3.8, 4) is 5.75 Å². The van der Waals surface area contributed by atoms with Gasteiger partial charge in [-0.1, -0.05) is 29.8 Å². The van der Waals surface area contributed by atoms with Crippen LogP contribution in [0.1, 0.15) is 16.8 Å². The van der Waals surface area contributed by atoms with E-state index in [0.717, 1.165) is 6.42 Å². The first-order valence-corrected chi connectivity index (χ1v) is 11.0. The molecular weight excluding hydrogens is 414 g/mol. The number of anilines is 1. The average molecular weight is 434 g/mol. The van der Waals surface area contributed by atoms with Crippen molar-refractivity contribution in [1.82, 2.24) is 0 Å². The molecule has 0 spiro atoms. The van der Waals surface area contributed by atoms with Crippen LogP contribution in [0.4, 0.5) is 5.69 Å². The normalized spacial score (nSPS) is 32.1. The van der Waals surface area contributed by atoms with E-state index >= 15 is 0 Å². The fourth-order valence-corrected chi connectivity index (χ4v) is 5.92. The van der Waals surface area contributed by atoms with Crippen molar-refractivity contribution in [2.75, 3.05) is 11.5 Å². The molecule has 2 amide bonds. The molecule has 6 unspecified atom stereocenters. The van der Waals surface area contributed by atoms with Crippen molar-refractivity contribution in [1.29, 1.82) is 0 Å². The maximum absolute atomic E-state index is 13.3. The zero-order valence-electron chi connectivity index (χ0n) is 16.6. The number of carbonyl (C=O) groups excluding carboxylic acids is 3. The first kappa shape index (κ1) is 18.8. The van der Waals surface area contributed by atoms with Gasteiger partial charge in [-0.15, -0.1) is 0 Å². The molecule has 1 heterocycles. The lowest BCUT2D eigenvalue weighted by Gasteiger charge is -2.37. The van der Waals surface area contributed by atoms with Crippen LogP contribution in [0, 0.1) is 35.5 Å². The zero-order valence-corrected chi connectivity index (χ0v) is 17.4. The first-order valence-electron chi connectivity index (χ1n) is 10.6. The molecule has 2 aromatic carbocycles. The molecule has 5 aliphatic rings. The van der Waals surface area contributed by atoms with Crippen molar-refractivity contribution >= 4 is 34.9 Å². The monoisotopic (exact) mass is 433 g/mol. The van der Waals surface area contributed by atoms with Crippen LogP contribution in [0.2, 0.25) is 5.02 Å². The van der Waals surface area contributed by atoms with Crippen LogP contribution in [-0.4, -0.2) is 24.2 Å². The van der Waals surface area contributed by atoms with Gasteiger partial charge in [0.25, 0.3) is 0 Å². The molecule has 0 N–H and O–H groups in total. The SMILES string of the molecule is O=C(COc1cccc(N2C(=O)C3C4C=CC(C5CC45)C3C2=O)c1)c1ccc(Cl)cc1. The van der Waals surface area contributed by atoms with E-state index in [0.29, 0.717) is 33.9 Å². The van der Waals surface area contributed by atoms with Crippen LogP contribution < -0.4 is 9.64 Å². The van der Waals surface area contributed by atoms with Crippen LogP contribution in [0.15, 0.2) is 60.7 Å². The number of ether oxygens (including phenoxy) is 1. The Balaban J connectivity index is 1.20. The van der Waals surface area contributed by atoms with Gasteiger partial charge >= 0.3 is 0 Å². The lowest BCUT2D eigenvalue weighted by molar-refractivity contribution is -0.124. The Morgan fingerprint density at radius 2 is 1.61 bits per heavy atom. The molecule has 1 saturated heterocycles. The number of allylic oxidation sites excluding steroid dienone is 2. The van der Waals surface area contributed by atoms with Crippen LogP contribution in [0.25, 0.3) is 0 Å². The third-order valence-corrected chi connectivity index (χ3v) is 7.53. The van der Waals surface area contributed by atoms with Gasteiger partial charge in [0, 0.05) is 16.7 Å². The van der Waals surface area contributed by atoms with E-state index in [4.69, 9.17) is 16.3 Å². The molecule has 5 nitrogen and oxygen atoms in total. The number of nitrogens with zero attached hydrogens (tertiary/aromatic N) is 1. The lowest BCUT2D eigenvalue weighted by Crippen LogP contribution is -2.40. The molecule has 2 aromatic rings. The second kappa shape index (κ2) is 6.79. The summed E-state index contributed by atoms with van der Waals surface area (Å²) in [5.41, 5.74) is 1.02. The summed E-state index contributed by atoms with van der Waals surface area (Å²) in [7, 11) is 0. The smallest absolute Gasteiger partial charge is 0.238 e. The summed E-state index contributed by atoms with van der Waals surface area (Å²) in [5, 5.41) is 0.562. The number of amides is 2. The molecule has 31 heavy (non-hydrogen) atoms. The van der Waals surface area contributed by atoms with Crippen molar-refractivity contribution in [2.45, 2.75) is 6.42 Å². The van der Waals surface area contributed by atoms with E-state index in [9.17, 15) is 14.4 Å². The van der Waals surface area contributed by atoms with Crippen LogP contribution in [-0.2, 0) is 9.59 Å². The Morgan fingerprint density at radius 3 is 2.26 bits per heavy atom. The number of rotatable bonds is 5. The second-order valence-corrected chi connectivity index (χ2v) is 9.32. The summed E-state index contributed by atoms with van der Waals surface area (Å²) in [6, 6.07) is 13.5. The summed E-state index contributed by atoms with van der Waals surface area (Å²) in [5.74, 6) is 1.12. The number of ketones is 1. The van der Waals surface area contributed by atoms with E-state index in [-0.39, 0.29) is 47.9 Å². The van der Waals surface area contributed by atoms with Gasteiger partial charge in [-0.05, 0) is 66.5 Å². The van der Waals surface area contributed by atoms with E-state index < -0.39 is 0 Å². The standard InChI is InChI=1S/C25H20ClNO4/c26-14-6-4-13(5-7-14)21(28)12-31-16-3-1-2-15(10-16)27-24(29)22-17-8-9-18(20-11-19(17)20)23(22)25(27)30/h1-10,17-20,22-23H,11-12H2. The third kappa shape index (κ3) is 2.87. The second-order valence-electron chi connectivity index (χ2n) is 8.88. The highest BCUT2D eigenvalue weighted by Gasteiger charge is 2.67. The zero-order chi connectivity index (χ0) is 21.3. The molecule has 0 radical (unpaired) electrons. The van der Waals surface area contributed by atoms with Crippen molar-refractivity contribution in [3.63, 3.8) is 0 Å². The van der Waals surface area contributed by atoms with Gasteiger partial charge in [0.1, 0.15) is 5.75 Å². The van der Waals surface area contributed by atoms with Crippen LogP contribution in [0.3, 0.4) is 0 Å². The van der Waals surface area contributed by atoms with Crippen molar-refractivity contribution in [2.24, 2.45) is 35.5 Å². The molecule has 7 rings (SSSR count). The van der Waals surface area contributed by atoms with Gasteiger partial charge in [0.15, 0.2) is 12.4 Å². The minimum Gasteiger partial charge on any atom is -0.485 e. The van der Waals surface area contributed by atoms with Gasteiger partial charge < -0.3 is 4.74 Å². The Morgan fingerprint density at radius 1 is 0.968 bits per heavy atom. The number of imide groups is 1. The van der Waals surface area contributed by atoms with Gasteiger partial charge in [0.05, 0.1) is 17.5 Å². The topological polar surface area (TPSA) is 63.7 Å². The first-order chi connectivity index (χ1) is 15.0. The molecular formula is C25H20ClNO4. The molecule has 0 aromatic heterocycles. The molecule has 2 bridgehead atoms. The third-order valence-electron chi connectivity index (χ3n) is 7.27. The summed E-state index contributed by atoms with van der Waals surface area (Å²) in [6.45, 7) is -0.143. The van der Waals surface area contributed by atoms with E-state index in [2.05, 4.69) is 12.2 Å². The minimum absolute atomic E-state index is 0.103. The fraction of sp³-hybridized carbons (Fsp3) is 0.320. The molecule has 3 fully saturated rings. The number of Topliss-reactive ketones (excluding diaryl/α,β-unsaturated/α-hetero) is 1. The molecule has 6 heteroatoms. The summed E-state index contributed by atoms with van der Waals surface area (Å²) in [6.07, 6.45) is 5.47. The lowest BCUT2D eigenvalue weighted by atomic mass is 9.63. The molecule has 1 aliphatic heterocycles. The number of hydrogen-bond donors (Lipinski definition) is 0. The molecule has 2 saturated carbocycles. The highest BCUT2D eigenvalue weighted by Crippen LogP contribution is 2.65. The van der Waals surface area contributed by atoms with E-state index in [1.807, 2.05) is 0 Å². The summed E-state index contributed by atoms with van der Waals surface area (Å²) in [4.78, 5) is 40.2. The Bertz CT molecular complexity index is 1100. The maximum Gasteiger partial charge on any atom is 0.238 e. The van der Waals surface area contributed by atoms with Crippen molar-refractivity contribution < 1.29 is 19.1 Å². The summed E-state index contributed by atoms with van der Waals surface area (Å²) < 4.78 is 5.68.